The van der Waals surface area contributed by atoms with Crippen LogP contribution in [0.4, 0.5) is 22.0 Å². The van der Waals surface area contributed by atoms with Crippen molar-refractivity contribution < 1.29 is 39.8 Å². The first-order chi connectivity index (χ1) is 11.4. The predicted molar refractivity (Wildman–Crippen MR) is 70.9 cm³/mol. The summed E-state index contributed by atoms with van der Waals surface area (Å²) in [5.74, 6) is -1.43. The lowest BCUT2D eigenvalue weighted by molar-refractivity contribution is -0.646. The van der Waals surface area contributed by atoms with E-state index in [0.29, 0.717) is 0 Å². The molecular formula is C12H10F5N3O4S. The lowest BCUT2D eigenvalue weighted by Crippen LogP contribution is -2.38. The van der Waals surface area contributed by atoms with Crippen LogP contribution in [0.25, 0.3) is 0 Å². The fourth-order valence-electron chi connectivity index (χ4n) is 2.10. The Morgan fingerprint density at radius 1 is 1.36 bits per heavy atom. The lowest BCUT2D eigenvalue weighted by atomic mass is 10.1. The van der Waals surface area contributed by atoms with E-state index in [2.05, 4.69) is 15.0 Å². The average Bonchev–Trinajstić information content (AvgIpc) is 2.74. The van der Waals surface area contributed by atoms with E-state index in [-0.39, 0.29) is 4.73 Å². The van der Waals surface area contributed by atoms with Crippen LogP contribution in [0.15, 0.2) is 50.9 Å². The highest BCUT2D eigenvalue weighted by atomic mass is 32.2. The topological polar surface area (TPSA) is 95.0 Å². The molecule has 0 fully saturated rings. The summed E-state index contributed by atoms with van der Waals surface area (Å²) in [6.45, 7) is -2.81. The molecule has 1 aromatic heterocycles. The molecular weight excluding hydrogens is 377 g/mol. The van der Waals surface area contributed by atoms with Gasteiger partial charge in [0.25, 0.3) is 0 Å². The normalized spacial score (nSPS) is 21.4. The van der Waals surface area contributed by atoms with Gasteiger partial charge in [-0.3, -0.25) is 4.74 Å². The minimum Gasteiger partial charge on any atom is -0.618 e. The molecule has 1 unspecified atom stereocenters. The molecule has 138 valence electrons. The van der Waals surface area contributed by atoms with Crippen molar-refractivity contribution in [3.05, 3.63) is 40.9 Å². The van der Waals surface area contributed by atoms with Gasteiger partial charge in [-0.1, -0.05) is 0 Å². The van der Waals surface area contributed by atoms with Crippen LogP contribution in [0, 0.1) is 5.21 Å². The lowest BCUT2D eigenvalue weighted by Gasteiger charge is -2.23. The van der Waals surface area contributed by atoms with Crippen LogP contribution < -0.4 is 4.73 Å². The number of hydrogen-bond donors (Lipinski definition) is 0. The maximum atomic E-state index is 13.0. The zero-order chi connectivity index (χ0) is 19.0. The third-order valence-corrected chi connectivity index (χ3v) is 4.84. The number of nitrogens with zero attached hydrogens (tertiary/aromatic N) is 3. The number of aromatic nitrogens is 1. The third kappa shape index (κ3) is 3.92. The van der Waals surface area contributed by atoms with Crippen molar-refractivity contribution in [1.29, 1.82) is 0 Å². The Kier molecular flexibility index (Phi) is 4.83. The molecule has 1 aromatic rings. The molecule has 0 spiro atoms. The van der Waals surface area contributed by atoms with Gasteiger partial charge in [-0.2, -0.15) is 26.7 Å². The van der Waals surface area contributed by atoms with E-state index >= 15 is 0 Å². The van der Waals surface area contributed by atoms with Gasteiger partial charge in [0.15, 0.2) is 11.9 Å². The van der Waals surface area contributed by atoms with E-state index in [1.54, 1.807) is 0 Å². The SMILES string of the molecule is CC1(OC(F)F)N=NC(C(F)(F)F)=C1CS(=O)(=O)c1cccc[n+]1[O-]. The Balaban J connectivity index is 2.54. The molecule has 0 bridgehead atoms. The molecule has 0 aromatic carbocycles. The van der Waals surface area contributed by atoms with Gasteiger partial charge in [-0.05, 0) is 13.0 Å². The van der Waals surface area contributed by atoms with Crippen LogP contribution in [0.2, 0.25) is 0 Å². The molecule has 1 atom stereocenters. The minimum absolute atomic E-state index is 0.0717. The van der Waals surface area contributed by atoms with E-state index < -0.39 is 50.4 Å². The van der Waals surface area contributed by atoms with Crippen molar-refractivity contribution in [2.75, 3.05) is 5.75 Å². The highest BCUT2D eigenvalue weighted by Crippen LogP contribution is 2.42. The Morgan fingerprint density at radius 3 is 2.52 bits per heavy atom. The van der Waals surface area contributed by atoms with Gasteiger partial charge >= 0.3 is 17.8 Å². The monoisotopic (exact) mass is 387 g/mol. The van der Waals surface area contributed by atoms with E-state index in [9.17, 15) is 35.6 Å². The minimum atomic E-state index is -5.15. The number of allylic oxidation sites excluding steroid dienone is 1. The second-order valence-electron chi connectivity index (χ2n) is 5.01. The molecule has 0 N–H and O–H groups in total. The summed E-state index contributed by atoms with van der Waals surface area (Å²) in [4.78, 5) is 0. The maximum Gasteiger partial charge on any atom is 0.435 e. The molecule has 2 rings (SSSR count). The molecule has 2 heterocycles. The molecule has 1 aliphatic heterocycles. The van der Waals surface area contributed by atoms with Crippen LogP contribution in [0.3, 0.4) is 0 Å². The Labute approximate surface area is 137 Å². The molecule has 13 heteroatoms. The predicted octanol–water partition coefficient (Wildman–Crippen LogP) is 2.33. The molecule has 25 heavy (non-hydrogen) atoms. The summed E-state index contributed by atoms with van der Waals surface area (Å²) in [5.41, 5.74) is -5.52. The van der Waals surface area contributed by atoms with Gasteiger partial charge in [0.2, 0.25) is 15.6 Å². The number of sulfone groups is 1. The van der Waals surface area contributed by atoms with Gasteiger partial charge in [-0.25, -0.2) is 8.42 Å². The molecule has 1 aliphatic rings. The molecule has 7 nitrogen and oxygen atoms in total. The smallest absolute Gasteiger partial charge is 0.435 e. The second kappa shape index (κ2) is 6.29. The van der Waals surface area contributed by atoms with Gasteiger partial charge in [0, 0.05) is 17.7 Å². The van der Waals surface area contributed by atoms with Gasteiger partial charge in [-0.15, -0.1) is 10.2 Å². The quantitative estimate of drug-likeness (QED) is 0.440. The van der Waals surface area contributed by atoms with Crippen molar-refractivity contribution in [3.8, 4) is 0 Å². The van der Waals surface area contributed by atoms with Crippen LogP contribution >= 0.6 is 0 Å². The van der Waals surface area contributed by atoms with Crippen molar-refractivity contribution in [3.63, 3.8) is 0 Å². The Bertz CT molecular complexity index is 837. The van der Waals surface area contributed by atoms with Gasteiger partial charge < -0.3 is 5.21 Å². The maximum absolute atomic E-state index is 13.0. The van der Waals surface area contributed by atoms with E-state index in [1.165, 1.54) is 12.1 Å². The zero-order valence-corrected chi connectivity index (χ0v) is 13.2. The van der Waals surface area contributed by atoms with Crippen molar-refractivity contribution in [1.82, 2.24) is 0 Å². The Hall–Kier alpha value is -2.15. The molecule has 0 radical (unpaired) electrons. The van der Waals surface area contributed by atoms with Crippen molar-refractivity contribution in [2.24, 2.45) is 10.2 Å². The summed E-state index contributed by atoms with van der Waals surface area (Å²) in [6.07, 6.45) is -4.33. The first kappa shape index (κ1) is 19.2. The highest BCUT2D eigenvalue weighted by Gasteiger charge is 2.50. The number of azo groups is 1. The summed E-state index contributed by atoms with van der Waals surface area (Å²) in [7, 11) is -4.63. The number of halogens is 5. The number of rotatable bonds is 5. The van der Waals surface area contributed by atoms with Crippen molar-refractivity contribution in [2.45, 2.75) is 30.5 Å². The zero-order valence-electron chi connectivity index (χ0n) is 12.4. The summed E-state index contributed by atoms with van der Waals surface area (Å²) in [5, 5.41) is 16.5. The standard InChI is InChI=1S/C12H10F5N3O4S/c1-11(24-10(13)14)7(9(18-19-11)12(15,16)17)6-25(22,23)8-4-2-3-5-20(8)21/h2-5,10H,6H2,1H3. The molecule has 0 aliphatic carbocycles. The second-order valence-corrected chi connectivity index (χ2v) is 6.95. The van der Waals surface area contributed by atoms with Crippen LogP contribution in [0.1, 0.15) is 6.92 Å². The summed E-state index contributed by atoms with van der Waals surface area (Å²) in [6, 6.07) is 3.25. The molecule has 0 saturated carbocycles. The number of alkyl halides is 5. The summed E-state index contributed by atoms with van der Waals surface area (Å²) >= 11 is 0. The van der Waals surface area contributed by atoms with Gasteiger partial charge in [0.1, 0.15) is 0 Å². The Morgan fingerprint density at radius 2 is 2.00 bits per heavy atom. The summed E-state index contributed by atoms with van der Waals surface area (Å²) < 4.78 is 92.7. The number of pyridine rings is 1. The number of ether oxygens (including phenoxy) is 1. The first-order valence-corrected chi connectivity index (χ1v) is 8.13. The highest BCUT2D eigenvalue weighted by molar-refractivity contribution is 7.91. The number of hydrogen-bond acceptors (Lipinski definition) is 6. The van der Waals surface area contributed by atoms with Crippen molar-refractivity contribution >= 4 is 9.84 Å². The first-order valence-electron chi connectivity index (χ1n) is 6.47. The fourth-order valence-corrected chi connectivity index (χ4v) is 3.65. The molecule has 0 saturated heterocycles. The molecule has 0 amide bonds. The van der Waals surface area contributed by atoms with Crippen LogP contribution in [0.5, 0.6) is 0 Å². The third-order valence-electron chi connectivity index (χ3n) is 3.22. The van der Waals surface area contributed by atoms with Crippen LogP contribution in [-0.2, 0) is 14.6 Å². The van der Waals surface area contributed by atoms with E-state index in [4.69, 9.17) is 0 Å². The van der Waals surface area contributed by atoms with Gasteiger partial charge in [0.05, 0.1) is 5.75 Å². The largest absolute Gasteiger partial charge is 0.618 e. The van der Waals surface area contributed by atoms with E-state index in [1.807, 2.05) is 0 Å². The van der Waals surface area contributed by atoms with E-state index in [0.717, 1.165) is 19.2 Å². The van der Waals surface area contributed by atoms with Crippen LogP contribution in [-0.4, -0.2) is 32.7 Å². The fraction of sp³-hybridized carbons (Fsp3) is 0.417. The average molecular weight is 387 g/mol.